The minimum atomic E-state index is -0.658. The number of nitrogens with two attached hydrogens (primary N) is 2. The van der Waals surface area contributed by atoms with Crippen molar-refractivity contribution < 1.29 is 4.79 Å². The first-order valence-corrected chi connectivity index (χ1v) is 6.94. The third kappa shape index (κ3) is 4.70. The van der Waals surface area contributed by atoms with E-state index in [0.717, 1.165) is 19.6 Å². The van der Waals surface area contributed by atoms with E-state index < -0.39 is 5.41 Å². The molecule has 1 amide bonds. The zero-order chi connectivity index (χ0) is 14.5. The minimum Gasteiger partial charge on any atom is -0.370 e. The van der Waals surface area contributed by atoms with Gasteiger partial charge in [0.1, 0.15) is 0 Å². The van der Waals surface area contributed by atoms with Crippen molar-refractivity contribution in [2.75, 3.05) is 26.2 Å². The Morgan fingerprint density at radius 2 is 2.16 bits per heavy atom. The van der Waals surface area contributed by atoms with Crippen molar-refractivity contribution in [1.82, 2.24) is 10.2 Å². The number of carbonyl (C=O) groups excluding carboxylic acids is 1. The first-order valence-electron chi connectivity index (χ1n) is 6.94. The Morgan fingerprint density at radius 1 is 1.47 bits per heavy atom. The Balaban J connectivity index is 2.38. The largest absolute Gasteiger partial charge is 0.370 e. The highest BCUT2D eigenvalue weighted by atomic mass is 16.1. The number of likely N-dealkylation sites (tertiary alicyclic amines) is 1. The first-order chi connectivity index (χ1) is 8.86. The van der Waals surface area contributed by atoms with Gasteiger partial charge in [0.05, 0.1) is 12.0 Å². The molecule has 0 spiro atoms. The topological polar surface area (TPSA) is 96.7 Å². The van der Waals surface area contributed by atoms with Crippen LogP contribution in [0.2, 0.25) is 0 Å². The van der Waals surface area contributed by atoms with Gasteiger partial charge in [-0.2, -0.15) is 0 Å². The summed E-state index contributed by atoms with van der Waals surface area (Å²) in [6.07, 6.45) is 2.44. The summed E-state index contributed by atoms with van der Waals surface area (Å²) in [6.45, 7) is 9.05. The van der Waals surface area contributed by atoms with Crippen LogP contribution in [0.25, 0.3) is 0 Å². The highest BCUT2D eigenvalue weighted by Gasteiger charge is 2.25. The van der Waals surface area contributed by atoms with Gasteiger partial charge in [-0.15, -0.1) is 0 Å². The molecule has 1 unspecified atom stereocenters. The van der Waals surface area contributed by atoms with E-state index in [0.29, 0.717) is 18.5 Å². The van der Waals surface area contributed by atoms with E-state index in [-0.39, 0.29) is 5.91 Å². The van der Waals surface area contributed by atoms with Gasteiger partial charge in [0.15, 0.2) is 5.96 Å². The zero-order valence-electron chi connectivity index (χ0n) is 12.3. The number of amides is 1. The second-order valence-corrected chi connectivity index (χ2v) is 5.76. The Morgan fingerprint density at radius 3 is 2.74 bits per heavy atom. The van der Waals surface area contributed by atoms with Gasteiger partial charge in [-0.25, -0.2) is 0 Å². The molecule has 6 heteroatoms. The van der Waals surface area contributed by atoms with Crippen LogP contribution in [0, 0.1) is 5.41 Å². The summed E-state index contributed by atoms with van der Waals surface area (Å²) in [5.74, 6) is 0.0225. The van der Waals surface area contributed by atoms with E-state index in [1.165, 1.54) is 12.8 Å². The Kier molecular flexibility index (Phi) is 5.60. The maximum absolute atomic E-state index is 11.2. The molecule has 0 bridgehead atoms. The number of primary amides is 1. The fourth-order valence-electron chi connectivity index (χ4n) is 2.18. The SMILES string of the molecule is CCN1CCCC1CNC(N)=NCC(C)(C)C(N)=O. The molecule has 1 saturated heterocycles. The van der Waals surface area contributed by atoms with Gasteiger partial charge in [-0.05, 0) is 39.8 Å². The van der Waals surface area contributed by atoms with Crippen molar-refractivity contribution in [3.05, 3.63) is 0 Å². The van der Waals surface area contributed by atoms with Gasteiger partial charge in [-0.3, -0.25) is 14.7 Å². The smallest absolute Gasteiger partial charge is 0.224 e. The molecule has 110 valence electrons. The molecule has 0 aromatic heterocycles. The Bertz CT molecular complexity index is 340. The maximum Gasteiger partial charge on any atom is 0.224 e. The fourth-order valence-corrected chi connectivity index (χ4v) is 2.18. The van der Waals surface area contributed by atoms with Crippen LogP contribution in [0.4, 0.5) is 0 Å². The lowest BCUT2D eigenvalue weighted by atomic mass is 9.93. The quantitative estimate of drug-likeness (QED) is 0.463. The molecule has 1 aliphatic heterocycles. The van der Waals surface area contributed by atoms with Crippen molar-refractivity contribution in [3.8, 4) is 0 Å². The lowest BCUT2D eigenvalue weighted by molar-refractivity contribution is -0.125. The lowest BCUT2D eigenvalue weighted by Gasteiger charge is -2.23. The zero-order valence-corrected chi connectivity index (χ0v) is 12.3. The molecular formula is C13H27N5O. The normalized spacial score (nSPS) is 21.6. The summed E-state index contributed by atoms with van der Waals surface area (Å²) in [7, 11) is 0. The van der Waals surface area contributed by atoms with Crippen molar-refractivity contribution in [2.45, 2.75) is 39.7 Å². The standard InChI is InChI=1S/C13H27N5O/c1-4-18-7-5-6-10(18)8-16-12(15)17-9-13(2,3)11(14)19/h10H,4-9H2,1-3H3,(H2,14,19)(H3,15,16,17). The number of aliphatic imine (C=N–C) groups is 1. The number of rotatable bonds is 6. The minimum absolute atomic E-state index is 0.309. The van der Waals surface area contributed by atoms with Gasteiger partial charge in [-0.1, -0.05) is 6.92 Å². The van der Waals surface area contributed by atoms with Crippen LogP contribution in [0.15, 0.2) is 4.99 Å². The first kappa shape index (κ1) is 15.8. The van der Waals surface area contributed by atoms with Crippen LogP contribution in [0.1, 0.15) is 33.6 Å². The number of nitrogens with one attached hydrogen (secondary N) is 1. The predicted octanol–water partition coefficient (Wildman–Crippen LogP) is -0.113. The van der Waals surface area contributed by atoms with Crippen LogP contribution >= 0.6 is 0 Å². The number of likely N-dealkylation sites (N-methyl/N-ethyl adjacent to an activating group) is 1. The van der Waals surface area contributed by atoms with E-state index >= 15 is 0 Å². The summed E-state index contributed by atoms with van der Waals surface area (Å²) >= 11 is 0. The number of guanidine groups is 1. The van der Waals surface area contributed by atoms with Crippen LogP contribution < -0.4 is 16.8 Å². The van der Waals surface area contributed by atoms with Crippen LogP contribution in [-0.4, -0.2) is 49.0 Å². The predicted molar refractivity (Wildman–Crippen MR) is 77.7 cm³/mol. The second kappa shape index (κ2) is 6.75. The van der Waals surface area contributed by atoms with E-state index in [1.807, 2.05) is 0 Å². The maximum atomic E-state index is 11.2. The summed E-state index contributed by atoms with van der Waals surface area (Å²) in [6, 6.07) is 0.530. The van der Waals surface area contributed by atoms with Crippen LogP contribution in [-0.2, 0) is 4.79 Å². The fraction of sp³-hybridized carbons (Fsp3) is 0.846. The van der Waals surface area contributed by atoms with Crippen molar-refractivity contribution in [1.29, 1.82) is 0 Å². The average molecular weight is 269 g/mol. The number of hydrogen-bond acceptors (Lipinski definition) is 3. The molecule has 0 saturated carbocycles. The molecule has 1 aliphatic rings. The number of nitrogens with zero attached hydrogens (tertiary/aromatic N) is 2. The summed E-state index contributed by atoms with van der Waals surface area (Å²) < 4.78 is 0. The molecule has 5 N–H and O–H groups in total. The molecule has 1 atom stereocenters. The molecule has 0 aromatic carbocycles. The molecular weight excluding hydrogens is 242 g/mol. The molecule has 0 radical (unpaired) electrons. The molecule has 1 rings (SSSR count). The average Bonchev–Trinajstić information content (AvgIpc) is 2.81. The molecule has 1 fully saturated rings. The van der Waals surface area contributed by atoms with E-state index in [9.17, 15) is 4.79 Å². The van der Waals surface area contributed by atoms with Gasteiger partial charge in [0, 0.05) is 12.6 Å². The summed E-state index contributed by atoms with van der Waals surface area (Å²) in [5, 5.41) is 3.13. The number of hydrogen-bond donors (Lipinski definition) is 3. The molecule has 6 nitrogen and oxygen atoms in total. The van der Waals surface area contributed by atoms with Crippen molar-refractivity contribution in [2.24, 2.45) is 21.9 Å². The van der Waals surface area contributed by atoms with Gasteiger partial charge < -0.3 is 16.8 Å². The Labute approximate surface area is 115 Å². The lowest BCUT2D eigenvalue weighted by Crippen LogP contribution is -2.43. The third-order valence-electron chi connectivity index (χ3n) is 3.74. The summed E-state index contributed by atoms with van der Waals surface area (Å²) in [4.78, 5) is 17.8. The third-order valence-corrected chi connectivity index (χ3v) is 3.74. The van der Waals surface area contributed by atoms with Crippen LogP contribution in [0.5, 0.6) is 0 Å². The Hall–Kier alpha value is -1.30. The van der Waals surface area contributed by atoms with E-state index in [1.54, 1.807) is 13.8 Å². The molecule has 19 heavy (non-hydrogen) atoms. The summed E-state index contributed by atoms with van der Waals surface area (Å²) in [5.41, 5.74) is 10.4. The van der Waals surface area contributed by atoms with E-state index in [2.05, 4.69) is 22.1 Å². The molecule has 0 aliphatic carbocycles. The van der Waals surface area contributed by atoms with Gasteiger partial charge in [0.25, 0.3) is 0 Å². The monoisotopic (exact) mass is 269 g/mol. The van der Waals surface area contributed by atoms with Crippen molar-refractivity contribution in [3.63, 3.8) is 0 Å². The van der Waals surface area contributed by atoms with Gasteiger partial charge in [0.2, 0.25) is 5.91 Å². The highest BCUT2D eigenvalue weighted by molar-refractivity contribution is 5.81. The van der Waals surface area contributed by atoms with Crippen molar-refractivity contribution >= 4 is 11.9 Å². The van der Waals surface area contributed by atoms with Crippen LogP contribution in [0.3, 0.4) is 0 Å². The number of carbonyl (C=O) groups is 1. The second-order valence-electron chi connectivity index (χ2n) is 5.76. The van der Waals surface area contributed by atoms with Gasteiger partial charge >= 0.3 is 0 Å². The molecule has 1 heterocycles. The van der Waals surface area contributed by atoms with E-state index in [4.69, 9.17) is 11.5 Å². The highest BCUT2D eigenvalue weighted by Crippen LogP contribution is 2.16. The molecule has 0 aromatic rings.